The molecule has 168 valence electrons. The molecule has 0 aliphatic carbocycles. The highest BCUT2D eigenvalue weighted by atomic mass is 32.2. The third-order valence-electron chi connectivity index (χ3n) is 6.27. The first-order valence-electron chi connectivity index (χ1n) is 10.8. The predicted octanol–water partition coefficient (Wildman–Crippen LogP) is 2.69. The van der Waals surface area contributed by atoms with Crippen LogP contribution < -0.4 is 4.90 Å². The highest BCUT2D eigenvalue weighted by molar-refractivity contribution is 7.89. The fourth-order valence-corrected chi connectivity index (χ4v) is 6.44. The minimum atomic E-state index is -3.05. The van der Waals surface area contributed by atoms with Crippen LogP contribution in [-0.4, -0.2) is 61.6 Å². The van der Waals surface area contributed by atoms with Crippen LogP contribution in [0.2, 0.25) is 0 Å². The summed E-state index contributed by atoms with van der Waals surface area (Å²) in [5.41, 5.74) is 1.84. The first-order chi connectivity index (χ1) is 15.2. The maximum atomic E-state index is 12.7. The molecule has 2 fully saturated rings. The Morgan fingerprint density at radius 3 is 2.44 bits per heavy atom. The lowest BCUT2D eigenvalue weighted by atomic mass is 9.72. The molecular weight excluding hydrogens is 444 g/mol. The Morgan fingerprint density at radius 1 is 1.09 bits per heavy atom. The molecule has 1 spiro atoms. The van der Waals surface area contributed by atoms with Crippen molar-refractivity contribution in [2.24, 2.45) is 5.41 Å². The zero-order valence-electron chi connectivity index (χ0n) is 18.2. The molecular formula is C23H26N4O3S2. The Labute approximate surface area is 192 Å². The average molecular weight is 471 g/mol. The van der Waals surface area contributed by atoms with E-state index in [1.807, 2.05) is 17.0 Å². The number of carbonyl (C=O) groups is 1. The highest BCUT2D eigenvalue weighted by Crippen LogP contribution is 2.43. The number of sulfone groups is 1. The van der Waals surface area contributed by atoms with Crippen molar-refractivity contribution in [3.05, 3.63) is 52.7 Å². The number of benzene rings is 1. The van der Waals surface area contributed by atoms with E-state index >= 15 is 0 Å². The van der Waals surface area contributed by atoms with Crippen molar-refractivity contribution in [3.63, 3.8) is 0 Å². The van der Waals surface area contributed by atoms with E-state index in [4.69, 9.17) is 0 Å². The van der Waals surface area contributed by atoms with Crippen molar-refractivity contribution < 1.29 is 13.2 Å². The van der Waals surface area contributed by atoms with Crippen molar-refractivity contribution in [2.75, 3.05) is 37.3 Å². The van der Waals surface area contributed by atoms with Crippen LogP contribution in [0.15, 0.2) is 36.7 Å². The third-order valence-corrected chi connectivity index (χ3v) is 8.32. The van der Waals surface area contributed by atoms with Crippen LogP contribution in [0.3, 0.4) is 0 Å². The molecule has 2 aromatic heterocycles. The van der Waals surface area contributed by atoms with Gasteiger partial charge in [-0.3, -0.25) is 4.79 Å². The van der Waals surface area contributed by atoms with Crippen LogP contribution >= 0.6 is 11.3 Å². The number of nitrogens with zero attached hydrogens (tertiary/aromatic N) is 4. The first kappa shape index (κ1) is 21.3. The lowest BCUT2D eigenvalue weighted by molar-refractivity contribution is -0.144. The summed E-state index contributed by atoms with van der Waals surface area (Å²) in [7, 11) is -3.05. The monoisotopic (exact) mass is 470 g/mol. The number of likely N-dealkylation sites (tertiary alicyclic amines) is 1. The topological polar surface area (TPSA) is 83.5 Å². The minimum Gasteiger partial charge on any atom is -0.354 e. The number of hydrogen-bond acceptors (Lipinski definition) is 7. The second-order valence-electron chi connectivity index (χ2n) is 9.15. The molecule has 2 saturated heterocycles. The molecule has 4 heterocycles. The van der Waals surface area contributed by atoms with Gasteiger partial charge in [0.25, 0.3) is 0 Å². The first-order valence-corrected chi connectivity index (χ1v) is 13.6. The van der Waals surface area contributed by atoms with E-state index in [1.165, 1.54) is 11.1 Å². The number of hydrogen-bond donors (Lipinski definition) is 0. The Balaban J connectivity index is 1.16. The lowest BCUT2D eigenvalue weighted by Crippen LogP contribution is -2.73. The fourth-order valence-electron chi connectivity index (χ4n) is 4.71. The number of aryl methyl sites for hydroxylation is 1. The molecule has 7 nitrogen and oxygen atoms in total. The summed E-state index contributed by atoms with van der Waals surface area (Å²) in [5.74, 6) is 1.16. The van der Waals surface area contributed by atoms with Gasteiger partial charge in [0.15, 0.2) is 9.84 Å². The molecule has 0 atom stereocenters. The van der Waals surface area contributed by atoms with Crippen molar-refractivity contribution in [1.29, 1.82) is 0 Å². The smallest absolute Gasteiger partial charge is 0.227 e. The summed E-state index contributed by atoms with van der Waals surface area (Å²) in [4.78, 5) is 28.3. The number of amides is 1. The Hall–Kier alpha value is -2.52. The second-order valence-corrected chi connectivity index (χ2v) is 12.4. The normalized spacial score (nSPS) is 17.4. The highest BCUT2D eigenvalue weighted by Gasteiger charge is 2.53. The molecule has 2 aliphatic rings. The number of rotatable bonds is 6. The van der Waals surface area contributed by atoms with Gasteiger partial charge in [-0.15, -0.1) is 11.3 Å². The van der Waals surface area contributed by atoms with Gasteiger partial charge in [0.2, 0.25) is 5.91 Å². The molecule has 1 amide bonds. The summed E-state index contributed by atoms with van der Waals surface area (Å²) >= 11 is 1.73. The lowest BCUT2D eigenvalue weighted by Gasteiger charge is -2.60. The molecule has 0 saturated carbocycles. The van der Waals surface area contributed by atoms with E-state index < -0.39 is 9.84 Å². The third kappa shape index (κ3) is 4.11. The maximum Gasteiger partial charge on any atom is 0.227 e. The molecule has 0 unspecified atom stereocenters. The van der Waals surface area contributed by atoms with Gasteiger partial charge < -0.3 is 9.80 Å². The summed E-state index contributed by atoms with van der Waals surface area (Å²) in [6, 6.07) is 9.50. The van der Waals surface area contributed by atoms with Crippen LogP contribution in [0.25, 0.3) is 10.2 Å². The van der Waals surface area contributed by atoms with Crippen LogP contribution in [0.4, 0.5) is 5.82 Å². The van der Waals surface area contributed by atoms with E-state index in [-0.39, 0.29) is 17.1 Å². The number of carbonyl (C=O) groups excluding carboxylic acids is 1. The summed E-state index contributed by atoms with van der Waals surface area (Å²) in [6.45, 7) is 5.56. The molecule has 0 radical (unpaired) electrons. The fraction of sp³-hybridized carbons (Fsp3) is 0.435. The van der Waals surface area contributed by atoms with Crippen molar-refractivity contribution in [1.82, 2.24) is 14.9 Å². The van der Waals surface area contributed by atoms with Gasteiger partial charge in [-0.05, 0) is 23.6 Å². The molecule has 3 aromatic rings. The van der Waals surface area contributed by atoms with Crippen LogP contribution in [0.1, 0.15) is 22.9 Å². The zero-order valence-corrected chi connectivity index (χ0v) is 19.9. The van der Waals surface area contributed by atoms with Gasteiger partial charge >= 0.3 is 0 Å². The Bertz CT molecular complexity index is 1270. The predicted molar refractivity (Wildman–Crippen MR) is 127 cm³/mol. The Kier molecular flexibility index (Phi) is 5.21. The van der Waals surface area contributed by atoms with E-state index in [0.717, 1.165) is 59.8 Å². The Morgan fingerprint density at radius 2 is 1.78 bits per heavy atom. The van der Waals surface area contributed by atoms with Crippen molar-refractivity contribution in [2.45, 2.75) is 25.5 Å². The minimum absolute atomic E-state index is 0.0240. The molecule has 1 aromatic carbocycles. The SMILES string of the molecule is CCc1cc2c(N3CC4(CN(C(=O)Cc5ccc(CS(C)(=O)=O)cc5)C4)C3)ncnc2s1. The van der Waals surface area contributed by atoms with Crippen molar-refractivity contribution in [3.8, 4) is 0 Å². The van der Waals surface area contributed by atoms with E-state index in [1.54, 1.807) is 29.8 Å². The number of anilines is 1. The van der Waals surface area contributed by atoms with Gasteiger partial charge in [0.1, 0.15) is 17.0 Å². The van der Waals surface area contributed by atoms with E-state index in [0.29, 0.717) is 6.42 Å². The van der Waals surface area contributed by atoms with Crippen molar-refractivity contribution >= 4 is 43.1 Å². The van der Waals surface area contributed by atoms with Gasteiger partial charge in [-0.1, -0.05) is 31.2 Å². The van der Waals surface area contributed by atoms with Gasteiger partial charge in [-0.2, -0.15) is 0 Å². The summed E-state index contributed by atoms with van der Waals surface area (Å²) in [6.07, 6.45) is 4.22. The largest absolute Gasteiger partial charge is 0.354 e. The van der Waals surface area contributed by atoms with Crippen LogP contribution in [-0.2, 0) is 33.2 Å². The average Bonchev–Trinajstić information content (AvgIpc) is 3.10. The standard InChI is InChI=1S/C23H26N4O3S2/c1-3-18-9-19-21(24-15-25-22(19)31-18)27-13-23(14-27)11-26(12-23)20(28)8-16-4-6-17(7-5-16)10-32(2,29)30/h4-7,9,15H,3,8,10-14H2,1-2H3. The summed E-state index contributed by atoms with van der Waals surface area (Å²) in [5, 5.41) is 1.13. The number of aromatic nitrogens is 2. The van der Waals surface area contributed by atoms with Gasteiger partial charge in [0, 0.05) is 42.7 Å². The maximum absolute atomic E-state index is 12.7. The number of thiophene rings is 1. The molecule has 0 bridgehead atoms. The number of fused-ring (bicyclic) bond motifs is 1. The zero-order chi connectivity index (χ0) is 22.5. The quantitative estimate of drug-likeness (QED) is 0.551. The van der Waals surface area contributed by atoms with E-state index in [9.17, 15) is 13.2 Å². The van der Waals surface area contributed by atoms with Gasteiger partial charge in [0.05, 0.1) is 17.6 Å². The van der Waals surface area contributed by atoms with E-state index in [2.05, 4.69) is 27.9 Å². The van der Waals surface area contributed by atoms with Crippen LogP contribution in [0.5, 0.6) is 0 Å². The summed E-state index contributed by atoms with van der Waals surface area (Å²) < 4.78 is 22.8. The molecule has 0 N–H and O–H groups in total. The molecule has 2 aliphatic heterocycles. The van der Waals surface area contributed by atoms with Gasteiger partial charge in [-0.25, -0.2) is 18.4 Å². The molecule has 32 heavy (non-hydrogen) atoms. The second kappa shape index (κ2) is 7.81. The van der Waals surface area contributed by atoms with Crippen LogP contribution in [0, 0.1) is 5.41 Å². The molecule has 9 heteroatoms. The molecule has 5 rings (SSSR count).